The van der Waals surface area contributed by atoms with Crippen molar-refractivity contribution >= 4 is 11.7 Å². The number of carboxylic acids is 1. The van der Waals surface area contributed by atoms with E-state index in [1.807, 2.05) is 0 Å². The molecule has 0 saturated heterocycles. The van der Waals surface area contributed by atoms with Crippen LogP contribution in [-0.4, -0.2) is 18.2 Å². The second-order valence-electron chi connectivity index (χ2n) is 4.65. The van der Waals surface area contributed by atoms with Crippen LogP contribution >= 0.6 is 0 Å². The lowest BCUT2D eigenvalue weighted by Gasteiger charge is -2.17. The highest BCUT2D eigenvalue weighted by molar-refractivity contribution is 5.79. The van der Waals surface area contributed by atoms with E-state index in [-0.39, 0.29) is 0 Å². The van der Waals surface area contributed by atoms with E-state index in [0.29, 0.717) is 22.6 Å². The Hall–Kier alpha value is -2.56. The number of methoxy groups -OCH3 is 1. The second kappa shape index (κ2) is 6.26. The minimum atomic E-state index is -1.07. The molecule has 0 fully saturated rings. The van der Waals surface area contributed by atoms with Crippen LogP contribution in [0.3, 0.4) is 0 Å². The van der Waals surface area contributed by atoms with Crippen LogP contribution in [0.1, 0.15) is 17.2 Å². The zero-order chi connectivity index (χ0) is 15.4. The summed E-state index contributed by atoms with van der Waals surface area (Å²) >= 11 is 0. The number of anilines is 1. The lowest BCUT2D eigenvalue weighted by Crippen LogP contribution is -2.20. The average molecular weight is 289 g/mol. The summed E-state index contributed by atoms with van der Waals surface area (Å²) in [6.07, 6.45) is 0. The van der Waals surface area contributed by atoms with Gasteiger partial charge in [0.05, 0.1) is 7.11 Å². The standard InChI is InChI=1S/C16H16FNO3/c1-10-3-4-11(9-14(10)17)15(16(19)20)18-12-5-7-13(21-2)8-6-12/h3-9,15,18H,1-2H3,(H,19,20). The molecular weight excluding hydrogens is 273 g/mol. The molecule has 2 rings (SSSR count). The van der Waals surface area contributed by atoms with Gasteiger partial charge in [0.2, 0.25) is 0 Å². The Morgan fingerprint density at radius 3 is 2.43 bits per heavy atom. The second-order valence-corrected chi connectivity index (χ2v) is 4.65. The molecule has 0 heterocycles. The Labute approximate surface area is 122 Å². The van der Waals surface area contributed by atoms with Gasteiger partial charge in [0.25, 0.3) is 0 Å². The summed E-state index contributed by atoms with van der Waals surface area (Å²) < 4.78 is 18.6. The van der Waals surface area contributed by atoms with Crippen LogP contribution in [0.25, 0.3) is 0 Å². The van der Waals surface area contributed by atoms with E-state index >= 15 is 0 Å². The monoisotopic (exact) mass is 289 g/mol. The van der Waals surface area contributed by atoms with Gasteiger partial charge in [-0.25, -0.2) is 9.18 Å². The lowest BCUT2D eigenvalue weighted by atomic mass is 10.0. The predicted octanol–water partition coefficient (Wildman–Crippen LogP) is 3.38. The fraction of sp³-hybridized carbons (Fsp3) is 0.188. The Kier molecular flexibility index (Phi) is 4.42. The van der Waals surface area contributed by atoms with Crippen molar-refractivity contribution in [2.24, 2.45) is 0 Å². The number of carbonyl (C=O) groups is 1. The molecule has 21 heavy (non-hydrogen) atoms. The lowest BCUT2D eigenvalue weighted by molar-refractivity contribution is -0.138. The molecule has 5 heteroatoms. The maximum absolute atomic E-state index is 13.6. The van der Waals surface area contributed by atoms with Crippen LogP contribution in [0.2, 0.25) is 0 Å². The molecule has 2 aromatic rings. The van der Waals surface area contributed by atoms with Crippen molar-refractivity contribution in [2.45, 2.75) is 13.0 Å². The van der Waals surface area contributed by atoms with Crippen molar-refractivity contribution in [1.82, 2.24) is 0 Å². The summed E-state index contributed by atoms with van der Waals surface area (Å²) in [5, 5.41) is 12.2. The fourth-order valence-electron chi connectivity index (χ4n) is 1.93. The molecule has 2 N–H and O–H groups in total. The van der Waals surface area contributed by atoms with E-state index in [2.05, 4.69) is 5.32 Å². The van der Waals surface area contributed by atoms with E-state index in [1.54, 1.807) is 50.4 Å². The number of benzene rings is 2. The van der Waals surface area contributed by atoms with E-state index in [0.717, 1.165) is 0 Å². The van der Waals surface area contributed by atoms with Gasteiger partial charge in [-0.05, 0) is 48.4 Å². The summed E-state index contributed by atoms with van der Waals surface area (Å²) in [6, 6.07) is 10.2. The molecule has 1 unspecified atom stereocenters. The number of aryl methyl sites for hydroxylation is 1. The van der Waals surface area contributed by atoms with Gasteiger partial charge in [-0.1, -0.05) is 12.1 Å². The average Bonchev–Trinajstić information content (AvgIpc) is 2.48. The first-order valence-electron chi connectivity index (χ1n) is 6.40. The van der Waals surface area contributed by atoms with Crippen LogP contribution in [0.5, 0.6) is 5.75 Å². The molecule has 110 valence electrons. The van der Waals surface area contributed by atoms with E-state index in [4.69, 9.17) is 4.74 Å². The summed E-state index contributed by atoms with van der Waals surface area (Å²) in [7, 11) is 1.55. The molecule has 0 radical (unpaired) electrons. The molecule has 1 atom stereocenters. The fourth-order valence-corrected chi connectivity index (χ4v) is 1.93. The van der Waals surface area contributed by atoms with Crippen LogP contribution in [0, 0.1) is 12.7 Å². The molecule has 0 spiro atoms. The van der Waals surface area contributed by atoms with Gasteiger partial charge in [0, 0.05) is 5.69 Å². The summed E-state index contributed by atoms with van der Waals surface area (Å²) in [5.41, 5.74) is 1.46. The Morgan fingerprint density at radius 1 is 1.24 bits per heavy atom. The Balaban J connectivity index is 2.26. The van der Waals surface area contributed by atoms with Crippen molar-refractivity contribution in [3.05, 3.63) is 59.4 Å². The van der Waals surface area contributed by atoms with Crippen molar-refractivity contribution in [3.8, 4) is 5.75 Å². The zero-order valence-corrected chi connectivity index (χ0v) is 11.8. The quantitative estimate of drug-likeness (QED) is 0.886. The molecule has 2 aromatic carbocycles. The SMILES string of the molecule is COc1ccc(NC(C(=O)O)c2ccc(C)c(F)c2)cc1. The largest absolute Gasteiger partial charge is 0.497 e. The molecule has 0 amide bonds. The number of hydrogen-bond donors (Lipinski definition) is 2. The van der Waals surface area contributed by atoms with E-state index in [1.165, 1.54) is 6.07 Å². The third kappa shape index (κ3) is 3.51. The summed E-state index contributed by atoms with van der Waals surface area (Å²) in [6.45, 7) is 1.63. The Morgan fingerprint density at radius 2 is 1.90 bits per heavy atom. The normalized spacial score (nSPS) is 11.8. The molecule has 0 aliphatic carbocycles. The number of ether oxygens (including phenoxy) is 1. The number of halogens is 1. The van der Waals surface area contributed by atoms with Gasteiger partial charge in [-0.2, -0.15) is 0 Å². The predicted molar refractivity (Wildman–Crippen MR) is 78.1 cm³/mol. The molecular formula is C16H16FNO3. The first kappa shape index (κ1) is 14.8. The van der Waals surface area contributed by atoms with Gasteiger partial charge in [-0.15, -0.1) is 0 Å². The zero-order valence-electron chi connectivity index (χ0n) is 11.8. The van der Waals surface area contributed by atoms with Crippen molar-refractivity contribution in [2.75, 3.05) is 12.4 Å². The van der Waals surface area contributed by atoms with Crippen LogP contribution in [0.4, 0.5) is 10.1 Å². The van der Waals surface area contributed by atoms with Gasteiger partial charge in [0.1, 0.15) is 11.6 Å². The van der Waals surface area contributed by atoms with Crippen molar-refractivity contribution < 1.29 is 19.0 Å². The summed E-state index contributed by atoms with van der Waals surface area (Å²) in [4.78, 5) is 11.4. The van der Waals surface area contributed by atoms with Gasteiger partial charge in [-0.3, -0.25) is 0 Å². The van der Waals surface area contributed by atoms with Crippen molar-refractivity contribution in [3.63, 3.8) is 0 Å². The van der Waals surface area contributed by atoms with Crippen LogP contribution in [0.15, 0.2) is 42.5 Å². The topological polar surface area (TPSA) is 58.6 Å². The summed E-state index contributed by atoms with van der Waals surface area (Å²) in [5.74, 6) is -0.821. The van der Waals surface area contributed by atoms with Crippen LogP contribution in [-0.2, 0) is 4.79 Å². The van der Waals surface area contributed by atoms with Gasteiger partial charge < -0.3 is 15.2 Å². The number of hydrogen-bond acceptors (Lipinski definition) is 3. The molecule has 0 aromatic heterocycles. The first-order valence-corrected chi connectivity index (χ1v) is 6.40. The van der Waals surface area contributed by atoms with Crippen LogP contribution < -0.4 is 10.1 Å². The highest BCUT2D eigenvalue weighted by atomic mass is 19.1. The van der Waals surface area contributed by atoms with Gasteiger partial charge >= 0.3 is 5.97 Å². The maximum Gasteiger partial charge on any atom is 0.330 e. The van der Waals surface area contributed by atoms with Gasteiger partial charge in [0.15, 0.2) is 6.04 Å². The number of aliphatic carboxylic acids is 1. The third-order valence-corrected chi connectivity index (χ3v) is 3.18. The van der Waals surface area contributed by atoms with E-state index in [9.17, 15) is 14.3 Å². The minimum absolute atomic E-state index is 0.362. The number of nitrogens with one attached hydrogen (secondary N) is 1. The highest BCUT2D eigenvalue weighted by Crippen LogP contribution is 2.23. The maximum atomic E-state index is 13.6. The number of carboxylic acid groups (broad SMARTS) is 1. The molecule has 4 nitrogen and oxygen atoms in total. The molecule has 0 aliphatic heterocycles. The highest BCUT2D eigenvalue weighted by Gasteiger charge is 2.20. The molecule has 0 bridgehead atoms. The first-order chi connectivity index (χ1) is 10.0. The van der Waals surface area contributed by atoms with Crippen molar-refractivity contribution in [1.29, 1.82) is 0 Å². The molecule has 0 aliphatic rings. The third-order valence-electron chi connectivity index (χ3n) is 3.18. The minimum Gasteiger partial charge on any atom is -0.497 e. The number of rotatable bonds is 5. The smallest absolute Gasteiger partial charge is 0.330 e. The molecule has 0 saturated carbocycles. The van der Waals surface area contributed by atoms with E-state index < -0.39 is 17.8 Å². The Bertz CT molecular complexity index is 640.